The van der Waals surface area contributed by atoms with Crippen molar-refractivity contribution in [2.24, 2.45) is 0 Å². The number of aliphatic hydroxyl groups excluding tert-OH is 3. The molecular formula is C69H120O16. The van der Waals surface area contributed by atoms with Crippen molar-refractivity contribution in [1.29, 1.82) is 0 Å². The van der Waals surface area contributed by atoms with Crippen molar-refractivity contribution in [3.05, 3.63) is 38.0 Å². The van der Waals surface area contributed by atoms with Crippen LogP contribution in [0.25, 0.3) is 0 Å². The highest BCUT2D eigenvalue weighted by atomic mass is 16.6. The van der Waals surface area contributed by atoms with E-state index in [1.165, 1.54) is 56.8 Å². The molecule has 3 N–H and O–H groups in total. The van der Waals surface area contributed by atoms with Gasteiger partial charge in [-0.15, -0.1) is 19.7 Å². The molecule has 0 aromatic rings. The number of epoxide rings is 1. The van der Waals surface area contributed by atoms with Crippen LogP contribution in [0.3, 0.4) is 0 Å². The summed E-state index contributed by atoms with van der Waals surface area (Å²) in [7, 11) is 0. The van der Waals surface area contributed by atoms with Gasteiger partial charge in [-0.05, 0) is 70.6 Å². The van der Waals surface area contributed by atoms with Crippen molar-refractivity contribution < 1.29 is 77.2 Å². The predicted octanol–water partition coefficient (Wildman–Crippen LogP) is 15.0. The zero-order valence-corrected chi connectivity index (χ0v) is 53.5. The van der Waals surface area contributed by atoms with E-state index in [1.54, 1.807) is 0 Å². The molecule has 1 aliphatic rings. The van der Waals surface area contributed by atoms with E-state index in [4.69, 9.17) is 33.2 Å². The second-order valence-corrected chi connectivity index (χ2v) is 23.7. The lowest BCUT2D eigenvalue weighted by atomic mass is 9.99. The summed E-state index contributed by atoms with van der Waals surface area (Å²) in [6.07, 6.45) is 31.7. The average molecular weight is 1210 g/mol. The van der Waals surface area contributed by atoms with Gasteiger partial charge in [0, 0.05) is 12.8 Å². The smallest absolute Gasteiger partial charge is 0.309 e. The molecule has 1 rings (SSSR count). The summed E-state index contributed by atoms with van der Waals surface area (Å²) in [6, 6.07) is 0. The SMILES string of the molecule is C=CCC(=O)OC(CCCCCCCC)C(O)CCCCCCCOC(=O)CC(CC(=O)OCCCCCCCC(OC(=O)CC=C)C(O)CCCCCCCC)OC(=O)CCCCCCCC1OC1CC(OC(=O)CC=C)C(O)CCCCC. The highest BCUT2D eigenvalue weighted by Gasteiger charge is 2.42. The maximum atomic E-state index is 13.1. The molecule has 0 aromatic heterocycles. The van der Waals surface area contributed by atoms with Crippen LogP contribution >= 0.6 is 0 Å². The molecule has 9 atom stereocenters. The van der Waals surface area contributed by atoms with E-state index in [-0.39, 0.29) is 75.9 Å². The third kappa shape index (κ3) is 44.9. The third-order valence-electron chi connectivity index (χ3n) is 15.8. The van der Waals surface area contributed by atoms with Gasteiger partial charge in [-0.25, -0.2) is 0 Å². The Hall–Kier alpha value is -4.12. The highest BCUT2D eigenvalue weighted by molar-refractivity contribution is 5.76. The topological polar surface area (TPSA) is 231 Å². The van der Waals surface area contributed by atoms with Gasteiger partial charge in [0.25, 0.3) is 0 Å². The number of rotatable bonds is 61. The van der Waals surface area contributed by atoms with Crippen LogP contribution < -0.4 is 0 Å². The van der Waals surface area contributed by atoms with Crippen molar-refractivity contribution in [2.45, 2.75) is 352 Å². The van der Waals surface area contributed by atoms with Gasteiger partial charge in [-0.2, -0.15) is 0 Å². The van der Waals surface area contributed by atoms with Crippen LogP contribution in [0.2, 0.25) is 0 Å². The van der Waals surface area contributed by atoms with Gasteiger partial charge in [-0.1, -0.05) is 200 Å². The van der Waals surface area contributed by atoms with Crippen molar-refractivity contribution in [3.8, 4) is 0 Å². The van der Waals surface area contributed by atoms with Crippen molar-refractivity contribution in [3.63, 3.8) is 0 Å². The first kappa shape index (κ1) is 78.9. The predicted molar refractivity (Wildman–Crippen MR) is 334 cm³/mol. The molecule has 1 saturated heterocycles. The number of hydrogen-bond acceptors (Lipinski definition) is 16. The van der Waals surface area contributed by atoms with Crippen LogP contribution in [0.1, 0.15) is 297 Å². The number of carbonyl (C=O) groups excluding carboxylic acids is 6. The quantitative estimate of drug-likeness (QED) is 0.0169. The third-order valence-corrected chi connectivity index (χ3v) is 15.8. The molecule has 16 heteroatoms. The zero-order chi connectivity index (χ0) is 62.6. The van der Waals surface area contributed by atoms with Crippen molar-refractivity contribution >= 4 is 35.8 Å². The molecule has 0 spiro atoms. The molecule has 16 nitrogen and oxygen atoms in total. The van der Waals surface area contributed by atoms with Crippen LogP contribution in [0.5, 0.6) is 0 Å². The summed E-state index contributed by atoms with van der Waals surface area (Å²) in [6.45, 7) is 17.7. The molecule has 0 saturated carbocycles. The lowest BCUT2D eigenvalue weighted by Crippen LogP contribution is -2.33. The maximum absolute atomic E-state index is 13.1. The van der Waals surface area contributed by atoms with Crippen molar-refractivity contribution in [1.82, 2.24) is 0 Å². The van der Waals surface area contributed by atoms with Crippen LogP contribution in [-0.2, 0) is 61.9 Å². The summed E-state index contributed by atoms with van der Waals surface area (Å²) >= 11 is 0. The minimum Gasteiger partial charge on any atom is -0.466 e. The Kier molecular flexibility index (Phi) is 50.2. The average Bonchev–Trinajstić information content (AvgIpc) is 4.37. The molecule has 0 radical (unpaired) electrons. The molecule has 9 unspecified atom stereocenters. The number of carbonyl (C=O) groups is 6. The first-order chi connectivity index (χ1) is 41.2. The van der Waals surface area contributed by atoms with Gasteiger partial charge in [0.05, 0.1) is 75.8 Å². The normalized spacial score (nSPS) is 16.2. The molecule has 1 heterocycles. The van der Waals surface area contributed by atoms with E-state index in [0.29, 0.717) is 57.8 Å². The first-order valence-electron chi connectivity index (χ1n) is 33.8. The zero-order valence-electron chi connectivity index (χ0n) is 53.5. The monoisotopic (exact) mass is 1200 g/mol. The Bertz CT molecular complexity index is 1750. The fourth-order valence-corrected chi connectivity index (χ4v) is 10.6. The Balaban J connectivity index is 2.66. The van der Waals surface area contributed by atoms with Crippen LogP contribution in [-0.4, -0.2) is 119 Å². The van der Waals surface area contributed by atoms with Gasteiger partial charge in [0.2, 0.25) is 0 Å². The first-order valence-corrected chi connectivity index (χ1v) is 33.8. The van der Waals surface area contributed by atoms with Gasteiger partial charge < -0.3 is 48.5 Å². The highest BCUT2D eigenvalue weighted by Crippen LogP contribution is 2.33. The van der Waals surface area contributed by atoms with Gasteiger partial charge in [0.1, 0.15) is 24.4 Å². The molecule has 0 aliphatic carbocycles. The Morgan fingerprint density at radius 2 is 0.729 bits per heavy atom. The fourth-order valence-electron chi connectivity index (χ4n) is 10.6. The standard InChI is InChI=1S/C69H120O16/c1-7-13-16-18-23-32-44-56(70)60(84-65(74)41-11-5)47-35-27-22-30-39-51-80-69(78)53-55(52-68(77)79-50-38-29-21-24-33-45-57(71)59(83-64(73)40-10-4)46-34-25-19-17-14-8-2)81-67(76)49-37-28-20-26-36-48-61-63(82-61)54-62(85-66(75)42-12-6)58(72)43-31-15-9-3/h10-12,55-63,70-72H,4-9,13-54H2,1-3H3. The Morgan fingerprint density at radius 1 is 0.388 bits per heavy atom. The minimum atomic E-state index is -1.04. The second kappa shape index (κ2) is 54.1. The van der Waals surface area contributed by atoms with E-state index in [0.717, 1.165) is 141 Å². The van der Waals surface area contributed by atoms with Gasteiger partial charge in [-0.3, -0.25) is 28.8 Å². The molecule has 1 aliphatic heterocycles. The largest absolute Gasteiger partial charge is 0.466 e. The van der Waals surface area contributed by atoms with Crippen LogP contribution in [0.4, 0.5) is 0 Å². The second-order valence-electron chi connectivity index (χ2n) is 23.7. The lowest BCUT2D eigenvalue weighted by molar-refractivity contribution is -0.160. The summed E-state index contributed by atoms with van der Waals surface area (Å²) in [5, 5.41) is 32.7. The Morgan fingerprint density at radius 3 is 1.16 bits per heavy atom. The molecule has 85 heavy (non-hydrogen) atoms. The van der Waals surface area contributed by atoms with Crippen molar-refractivity contribution in [2.75, 3.05) is 13.2 Å². The summed E-state index contributed by atoms with van der Waals surface area (Å²) < 4.78 is 39.6. The van der Waals surface area contributed by atoms with Gasteiger partial charge in [0.15, 0.2) is 0 Å². The summed E-state index contributed by atoms with van der Waals surface area (Å²) in [5.74, 6) is -2.80. The molecule has 0 aromatic carbocycles. The molecule has 0 amide bonds. The Labute approximate surface area is 514 Å². The number of aliphatic hydroxyl groups is 3. The lowest BCUT2D eigenvalue weighted by Gasteiger charge is -2.23. The minimum absolute atomic E-state index is 0.0594. The number of ether oxygens (including phenoxy) is 7. The van der Waals surface area contributed by atoms with E-state index in [9.17, 15) is 44.1 Å². The van der Waals surface area contributed by atoms with E-state index in [1.807, 2.05) is 0 Å². The van der Waals surface area contributed by atoms with E-state index >= 15 is 0 Å². The number of hydrogen-bond donors (Lipinski definition) is 3. The van der Waals surface area contributed by atoms with Crippen LogP contribution in [0.15, 0.2) is 38.0 Å². The molecule has 0 bridgehead atoms. The molecular weight excluding hydrogens is 1080 g/mol. The summed E-state index contributed by atoms with van der Waals surface area (Å²) in [5.41, 5.74) is 0. The van der Waals surface area contributed by atoms with Crippen LogP contribution in [0, 0.1) is 0 Å². The number of esters is 6. The number of unbranched alkanes of at least 4 members (excludes halogenated alkanes) is 24. The van der Waals surface area contributed by atoms with E-state index < -0.39 is 66.6 Å². The molecule has 1 fully saturated rings. The van der Waals surface area contributed by atoms with Gasteiger partial charge >= 0.3 is 35.8 Å². The van der Waals surface area contributed by atoms with E-state index in [2.05, 4.69) is 40.5 Å². The fraction of sp³-hybridized carbons (Fsp3) is 0.826. The molecule has 492 valence electrons. The maximum Gasteiger partial charge on any atom is 0.309 e. The summed E-state index contributed by atoms with van der Waals surface area (Å²) in [4.78, 5) is 76.1.